The minimum absolute atomic E-state index is 0.0371. The first-order valence-electron chi connectivity index (χ1n) is 5.38. The average Bonchev–Trinajstić information content (AvgIpc) is 2.89. The number of thiophene rings is 1. The van der Waals surface area contributed by atoms with E-state index in [1.54, 1.807) is 6.07 Å². The predicted molar refractivity (Wildman–Crippen MR) is 75.9 cm³/mol. The Morgan fingerprint density at radius 3 is 2.84 bits per heavy atom. The molecule has 0 saturated carbocycles. The molecule has 0 aromatic carbocycles. The Hall–Kier alpha value is -1.14. The molecule has 7 heteroatoms. The maximum absolute atomic E-state index is 11.9. The number of nitrogens with zero attached hydrogens (tertiary/aromatic N) is 1. The SMILES string of the molecule is O=C(NCC(O)c1ccsc1)c1ccc(Cl)nc1Cl. The summed E-state index contributed by atoms with van der Waals surface area (Å²) >= 11 is 13.0. The van der Waals surface area contributed by atoms with Crippen molar-refractivity contribution in [1.29, 1.82) is 0 Å². The molecule has 2 heterocycles. The summed E-state index contributed by atoms with van der Waals surface area (Å²) in [6.45, 7) is 0.106. The fourth-order valence-electron chi connectivity index (χ4n) is 1.45. The van der Waals surface area contributed by atoms with Crippen LogP contribution in [0.2, 0.25) is 10.3 Å². The number of aliphatic hydroxyl groups is 1. The first kappa shape index (κ1) is 14.3. The average molecular weight is 317 g/mol. The van der Waals surface area contributed by atoms with Gasteiger partial charge in [0.15, 0.2) is 0 Å². The van der Waals surface area contributed by atoms with Gasteiger partial charge in [-0.25, -0.2) is 4.98 Å². The van der Waals surface area contributed by atoms with Crippen molar-refractivity contribution in [3.8, 4) is 0 Å². The molecular formula is C12H10Cl2N2O2S. The second-order valence-electron chi connectivity index (χ2n) is 3.75. The molecule has 0 radical (unpaired) electrons. The molecule has 1 unspecified atom stereocenters. The number of carbonyl (C=O) groups is 1. The maximum atomic E-state index is 11.9. The molecule has 0 aliphatic rings. The monoisotopic (exact) mass is 316 g/mol. The standard InChI is InChI=1S/C12H10Cl2N2O2S/c13-10-2-1-8(11(14)16-10)12(18)15-5-9(17)7-3-4-19-6-7/h1-4,6,9,17H,5H2,(H,15,18). The van der Waals surface area contributed by atoms with Crippen LogP contribution in [0, 0.1) is 0 Å². The van der Waals surface area contributed by atoms with Crippen LogP contribution in [0.3, 0.4) is 0 Å². The van der Waals surface area contributed by atoms with Crippen LogP contribution in [0.4, 0.5) is 0 Å². The van der Waals surface area contributed by atoms with E-state index in [9.17, 15) is 9.90 Å². The first-order valence-corrected chi connectivity index (χ1v) is 7.08. The lowest BCUT2D eigenvalue weighted by atomic mass is 10.2. The number of rotatable bonds is 4. The summed E-state index contributed by atoms with van der Waals surface area (Å²) in [5.74, 6) is -0.400. The van der Waals surface area contributed by atoms with Gasteiger partial charge in [-0.15, -0.1) is 0 Å². The predicted octanol–water partition coefficient (Wildman–Crippen LogP) is 2.91. The van der Waals surface area contributed by atoms with E-state index in [0.717, 1.165) is 5.56 Å². The molecule has 1 amide bonds. The van der Waals surface area contributed by atoms with E-state index in [0.29, 0.717) is 0 Å². The Morgan fingerprint density at radius 1 is 1.42 bits per heavy atom. The van der Waals surface area contributed by atoms with E-state index >= 15 is 0 Å². The molecule has 2 aromatic rings. The van der Waals surface area contributed by atoms with Gasteiger partial charge in [0.1, 0.15) is 10.3 Å². The number of hydrogen-bond acceptors (Lipinski definition) is 4. The van der Waals surface area contributed by atoms with Crippen molar-refractivity contribution in [1.82, 2.24) is 10.3 Å². The van der Waals surface area contributed by atoms with Gasteiger partial charge in [0.25, 0.3) is 5.91 Å². The molecule has 1 atom stereocenters. The first-order chi connectivity index (χ1) is 9.08. The Labute approximate surface area is 124 Å². The number of amides is 1. The van der Waals surface area contributed by atoms with Crippen LogP contribution in [0.1, 0.15) is 22.0 Å². The van der Waals surface area contributed by atoms with Gasteiger partial charge in [-0.1, -0.05) is 23.2 Å². The van der Waals surface area contributed by atoms with Crippen molar-refractivity contribution >= 4 is 40.4 Å². The molecule has 0 aliphatic heterocycles. The van der Waals surface area contributed by atoms with E-state index in [1.165, 1.54) is 23.5 Å². The summed E-state index contributed by atoms with van der Waals surface area (Å²) in [5, 5.41) is 16.4. The number of aliphatic hydroxyl groups excluding tert-OH is 1. The van der Waals surface area contributed by atoms with Gasteiger partial charge in [-0.05, 0) is 34.5 Å². The molecule has 0 saturated heterocycles. The van der Waals surface area contributed by atoms with Gasteiger partial charge in [0, 0.05) is 6.54 Å². The van der Waals surface area contributed by atoms with Gasteiger partial charge in [-0.3, -0.25) is 4.79 Å². The molecular weight excluding hydrogens is 307 g/mol. The Morgan fingerprint density at radius 2 is 2.21 bits per heavy atom. The largest absolute Gasteiger partial charge is 0.387 e. The molecule has 0 bridgehead atoms. The van der Waals surface area contributed by atoms with E-state index in [-0.39, 0.29) is 22.4 Å². The Balaban J connectivity index is 1.98. The van der Waals surface area contributed by atoms with E-state index in [4.69, 9.17) is 23.2 Å². The second-order valence-corrected chi connectivity index (χ2v) is 5.28. The van der Waals surface area contributed by atoms with Crippen LogP contribution in [-0.2, 0) is 0 Å². The Bertz CT molecular complexity index is 575. The third-order valence-corrected chi connectivity index (χ3v) is 3.64. The van der Waals surface area contributed by atoms with Crippen molar-refractivity contribution in [3.63, 3.8) is 0 Å². The molecule has 0 aliphatic carbocycles. The van der Waals surface area contributed by atoms with Crippen molar-refractivity contribution in [3.05, 3.63) is 50.4 Å². The zero-order valence-electron chi connectivity index (χ0n) is 9.64. The molecule has 0 spiro atoms. The van der Waals surface area contributed by atoms with Gasteiger partial charge >= 0.3 is 0 Å². The third kappa shape index (κ3) is 3.67. The molecule has 2 N–H and O–H groups in total. The number of nitrogens with one attached hydrogen (secondary N) is 1. The second kappa shape index (κ2) is 6.34. The normalized spacial score (nSPS) is 12.2. The molecule has 100 valence electrons. The fraction of sp³-hybridized carbons (Fsp3) is 0.167. The number of halogens is 2. The highest BCUT2D eigenvalue weighted by atomic mass is 35.5. The lowest BCUT2D eigenvalue weighted by molar-refractivity contribution is 0.0916. The summed E-state index contributed by atoms with van der Waals surface area (Å²) in [4.78, 5) is 15.6. The van der Waals surface area contributed by atoms with Crippen molar-refractivity contribution in [2.24, 2.45) is 0 Å². The number of carbonyl (C=O) groups excluding carboxylic acids is 1. The van der Waals surface area contributed by atoms with Crippen molar-refractivity contribution in [2.75, 3.05) is 6.54 Å². The van der Waals surface area contributed by atoms with E-state index < -0.39 is 12.0 Å². The third-order valence-electron chi connectivity index (χ3n) is 2.44. The molecule has 19 heavy (non-hydrogen) atoms. The minimum atomic E-state index is -0.741. The summed E-state index contributed by atoms with van der Waals surface area (Å²) in [6.07, 6.45) is -0.741. The quantitative estimate of drug-likeness (QED) is 0.852. The van der Waals surface area contributed by atoms with Crippen LogP contribution in [0.15, 0.2) is 29.0 Å². The van der Waals surface area contributed by atoms with Crippen LogP contribution in [0.5, 0.6) is 0 Å². The highest BCUT2D eigenvalue weighted by Gasteiger charge is 2.14. The molecule has 2 rings (SSSR count). The summed E-state index contributed by atoms with van der Waals surface area (Å²) in [6, 6.07) is 4.78. The lowest BCUT2D eigenvalue weighted by Crippen LogP contribution is -2.28. The fourth-order valence-corrected chi connectivity index (χ4v) is 2.59. The minimum Gasteiger partial charge on any atom is -0.387 e. The maximum Gasteiger partial charge on any atom is 0.254 e. The summed E-state index contributed by atoms with van der Waals surface area (Å²) < 4.78 is 0. The molecule has 2 aromatic heterocycles. The zero-order chi connectivity index (χ0) is 13.8. The van der Waals surface area contributed by atoms with Crippen molar-refractivity contribution < 1.29 is 9.90 Å². The van der Waals surface area contributed by atoms with E-state index in [1.807, 2.05) is 10.8 Å². The molecule has 0 fully saturated rings. The smallest absolute Gasteiger partial charge is 0.254 e. The van der Waals surface area contributed by atoms with Crippen LogP contribution in [0.25, 0.3) is 0 Å². The van der Waals surface area contributed by atoms with Crippen molar-refractivity contribution in [2.45, 2.75) is 6.10 Å². The number of aromatic nitrogens is 1. The van der Waals surface area contributed by atoms with Gasteiger partial charge < -0.3 is 10.4 Å². The highest BCUT2D eigenvalue weighted by Crippen LogP contribution is 2.18. The molecule has 4 nitrogen and oxygen atoms in total. The summed E-state index contributed by atoms with van der Waals surface area (Å²) in [7, 11) is 0. The number of pyridine rings is 1. The van der Waals surface area contributed by atoms with Crippen LogP contribution in [-0.4, -0.2) is 22.5 Å². The van der Waals surface area contributed by atoms with Gasteiger partial charge in [0.05, 0.1) is 11.7 Å². The van der Waals surface area contributed by atoms with E-state index in [2.05, 4.69) is 10.3 Å². The lowest BCUT2D eigenvalue weighted by Gasteiger charge is -2.11. The number of hydrogen-bond donors (Lipinski definition) is 2. The van der Waals surface area contributed by atoms with Crippen LogP contribution >= 0.6 is 34.5 Å². The topological polar surface area (TPSA) is 62.2 Å². The van der Waals surface area contributed by atoms with Crippen LogP contribution < -0.4 is 5.32 Å². The highest BCUT2D eigenvalue weighted by molar-refractivity contribution is 7.07. The zero-order valence-corrected chi connectivity index (χ0v) is 12.0. The summed E-state index contributed by atoms with van der Waals surface area (Å²) in [5.41, 5.74) is 0.995. The van der Waals surface area contributed by atoms with Gasteiger partial charge in [0.2, 0.25) is 0 Å². The van der Waals surface area contributed by atoms with Gasteiger partial charge in [-0.2, -0.15) is 11.3 Å². The Kier molecular flexibility index (Phi) is 4.76.